The van der Waals surface area contributed by atoms with E-state index in [4.69, 9.17) is 0 Å². The number of aromatic nitrogens is 2. The van der Waals surface area contributed by atoms with Gasteiger partial charge in [-0.15, -0.1) is 0 Å². The second-order valence-corrected chi connectivity index (χ2v) is 6.46. The molecule has 0 saturated carbocycles. The molecular formula is C22H26N4O. The highest BCUT2D eigenvalue weighted by atomic mass is 16.1. The highest BCUT2D eigenvalue weighted by Gasteiger charge is 2.15. The van der Waals surface area contributed by atoms with Gasteiger partial charge in [0.15, 0.2) is 0 Å². The third kappa shape index (κ3) is 4.37. The van der Waals surface area contributed by atoms with E-state index in [2.05, 4.69) is 34.0 Å². The van der Waals surface area contributed by atoms with Crippen LogP contribution in [-0.4, -0.2) is 29.0 Å². The lowest BCUT2D eigenvalue weighted by atomic mass is 10.1. The molecule has 1 unspecified atom stereocenters. The van der Waals surface area contributed by atoms with E-state index in [1.54, 1.807) is 6.20 Å². The Morgan fingerprint density at radius 3 is 2.37 bits per heavy atom. The summed E-state index contributed by atoms with van der Waals surface area (Å²) in [5.41, 5.74) is 3.78. The summed E-state index contributed by atoms with van der Waals surface area (Å²) < 4.78 is 0. The summed E-state index contributed by atoms with van der Waals surface area (Å²) in [7, 11) is 0. The molecule has 0 bridgehead atoms. The number of hydrogen-bond donors (Lipinski definition) is 2. The van der Waals surface area contributed by atoms with Crippen LogP contribution in [0.15, 0.2) is 60.8 Å². The Labute approximate surface area is 160 Å². The number of imidazole rings is 1. The first-order chi connectivity index (χ1) is 13.1. The van der Waals surface area contributed by atoms with Crippen molar-refractivity contribution in [2.75, 3.05) is 18.0 Å². The molecule has 0 aliphatic carbocycles. The summed E-state index contributed by atoms with van der Waals surface area (Å²) in [4.78, 5) is 22.5. The van der Waals surface area contributed by atoms with Gasteiger partial charge in [0.25, 0.3) is 5.91 Å². The molecule has 3 rings (SSSR count). The van der Waals surface area contributed by atoms with Gasteiger partial charge in [-0.25, -0.2) is 4.98 Å². The lowest BCUT2D eigenvalue weighted by Crippen LogP contribution is -2.27. The van der Waals surface area contributed by atoms with Crippen molar-refractivity contribution in [3.8, 4) is 11.3 Å². The fourth-order valence-electron chi connectivity index (χ4n) is 3.08. The van der Waals surface area contributed by atoms with Crippen LogP contribution in [0.3, 0.4) is 0 Å². The molecule has 0 spiro atoms. The average Bonchev–Trinajstić information content (AvgIpc) is 3.20. The molecule has 0 radical (unpaired) electrons. The lowest BCUT2D eigenvalue weighted by Gasteiger charge is -2.21. The van der Waals surface area contributed by atoms with E-state index in [9.17, 15) is 4.79 Å². The van der Waals surface area contributed by atoms with Crippen LogP contribution in [0.2, 0.25) is 0 Å². The largest absolute Gasteiger partial charge is 0.372 e. The Balaban J connectivity index is 1.66. The average molecular weight is 362 g/mol. The molecule has 0 fully saturated rings. The number of carbonyl (C=O) groups excluding carboxylic acids is 1. The molecule has 2 N–H and O–H groups in total. The second kappa shape index (κ2) is 8.54. The lowest BCUT2D eigenvalue weighted by molar-refractivity contribution is 0.0938. The van der Waals surface area contributed by atoms with Crippen LogP contribution in [0.1, 0.15) is 43.0 Å². The van der Waals surface area contributed by atoms with Gasteiger partial charge in [-0.1, -0.05) is 30.3 Å². The van der Waals surface area contributed by atoms with E-state index in [1.165, 1.54) is 0 Å². The maximum atomic E-state index is 12.6. The van der Waals surface area contributed by atoms with E-state index in [0.717, 1.165) is 35.9 Å². The first-order valence-corrected chi connectivity index (χ1v) is 9.38. The molecule has 3 aromatic rings. The molecule has 0 saturated heterocycles. The zero-order valence-corrected chi connectivity index (χ0v) is 16.1. The molecule has 0 aliphatic heterocycles. The summed E-state index contributed by atoms with van der Waals surface area (Å²) in [5.74, 6) is 0.633. The topological polar surface area (TPSA) is 61.0 Å². The highest BCUT2D eigenvalue weighted by molar-refractivity contribution is 5.94. The van der Waals surface area contributed by atoms with Gasteiger partial charge in [-0.05, 0) is 50.6 Å². The summed E-state index contributed by atoms with van der Waals surface area (Å²) >= 11 is 0. The number of anilines is 1. The molecule has 5 heteroatoms. The Morgan fingerprint density at radius 2 is 1.74 bits per heavy atom. The third-order valence-corrected chi connectivity index (χ3v) is 4.70. The predicted molar refractivity (Wildman–Crippen MR) is 110 cm³/mol. The molecule has 1 aromatic heterocycles. The van der Waals surface area contributed by atoms with E-state index < -0.39 is 0 Å². The van der Waals surface area contributed by atoms with E-state index in [0.29, 0.717) is 5.56 Å². The molecular weight excluding hydrogens is 336 g/mol. The van der Waals surface area contributed by atoms with Crippen molar-refractivity contribution < 1.29 is 4.79 Å². The third-order valence-electron chi connectivity index (χ3n) is 4.70. The second-order valence-electron chi connectivity index (χ2n) is 6.46. The Bertz CT molecular complexity index is 867. The minimum Gasteiger partial charge on any atom is -0.372 e. The van der Waals surface area contributed by atoms with Crippen LogP contribution >= 0.6 is 0 Å². The fourth-order valence-corrected chi connectivity index (χ4v) is 3.08. The SMILES string of the molecule is CCN(CC)c1ccc(C(=O)NC(C)c2ncc(-c3ccccc3)[nH]2)cc1. The fraction of sp³-hybridized carbons (Fsp3) is 0.273. The molecule has 1 atom stereocenters. The number of nitrogens with one attached hydrogen (secondary N) is 2. The molecule has 1 heterocycles. The van der Waals surface area contributed by atoms with Gasteiger partial charge >= 0.3 is 0 Å². The maximum absolute atomic E-state index is 12.6. The monoisotopic (exact) mass is 362 g/mol. The summed E-state index contributed by atoms with van der Waals surface area (Å²) in [6.45, 7) is 8.07. The van der Waals surface area contributed by atoms with Gasteiger partial charge in [0.05, 0.1) is 17.9 Å². The van der Waals surface area contributed by atoms with E-state index in [-0.39, 0.29) is 11.9 Å². The highest BCUT2D eigenvalue weighted by Crippen LogP contribution is 2.19. The van der Waals surface area contributed by atoms with Gasteiger partial charge in [0.2, 0.25) is 0 Å². The van der Waals surface area contributed by atoms with Crippen molar-refractivity contribution >= 4 is 11.6 Å². The van der Waals surface area contributed by atoms with Crippen LogP contribution < -0.4 is 10.2 Å². The van der Waals surface area contributed by atoms with Crippen LogP contribution in [0.5, 0.6) is 0 Å². The molecule has 27 heavy (non-hydrogen) atoms. The van der Waals surface area contributed by atoms with Gasteiger partial charge in [0, 0.05) is 24.3 Å². The number of rotatable bonds is 7. The van der Waals surface area contributed by atoms with E-state index in [1.807, 2.05) is 61.5 Å². The number of aromatic amines is 1. The zero-order valence-electron chi connectivity index (χ0n) is 16.1. The van der Waals surface area contributed by atoms with Gasteiger partial charge in [0.1, 0.15) is 5.82 Å². The Morgan fingerprint density at radius 1 is 1.07 bits per heavy atom. The minimum atomic E-state index is -0.211. The van der Waals surface area contributed by atoms with E-state index >= 15 is 0 Å². The van der Waals surface area contributed by atoms with Crippen molar-refractivity contribution in [3.63, 3.8) is 0 Å². The van der Waals surface area contributed by atoms with Gasteiger partial charge in [-0.3, -0.25) is 4.79 Å². The maximum Gasteiger partial charge on any atom is 0.251 e. The minimum absolute atomic E-state index is 0.105. The van der Waals surface area contributed by atoms with Crippen LogP contribution in [0, 0.1) is 0 Å². The molecule has 5 nitrogen and oxygen atoms in total. The smallest absolute Gasteiger partial charge is 0.251 e. The van der Waals surface area contributed by atoms with Crippen LogP contribution in [-0.2, 0) is 0 Å². The van der Waals surface area contributed by atoms with Crippen molar-refractivity contribution in [1.82, 2.24) is 15.3 Å². The summed E-state index contributed by atoms with van der Waals surface area (Å²) in [5, 5.41) is 3.01. The molecule has 140 valence electrons. The first-order valence-electron chi connectivity index (χ1n) is 9.38. The quantitative estimate of drug-likeness (QED) is 0.654. The number of benzene rings is 2. The van der Waals surface area contributed by atoms with Crippen molar-refractivity contribution in [2.24, 2.45) is 0 Å². The number of nitrogens with zero attached hydrogens (tertiary/aromatic N) is 2. The van der Waals surface area contributed by atoms with Crippen LogP contribution in [0.4, 0.5) is 5.69 Å². The number of H-pyrrole nitrogens is 1. The standard InChI is InChI=1S/C22H26N4O/c1-4-26(5-2)19-13-11-18(12-14-19)22(27)24-16(3)21-23-15-20(25-21)17-9-7-6-8-10-17/h6-16H,4-5H2,1-3H3,(H,23,25)(H,24,27). The molecule has 0 aliphatic rings. The Hall–Kier alpha value is -3.08. The van der Waals surface area contributed by atoms with Crippen molar-refractivity contribution in [3.05, 3.63) is 72.2 Å². The Kier molecular flexibility index (Phi) is 5.91. The number of carbonyl (C=O) groups is 1. The normalized spacial score (nSPS) is 11.8. The molecule has 1 amide bonds. The van der Waals surface area contributed by atoms with Gasteiger partial charge in [-0.2, -0.15) is 0 Å². The number of hydrogen-bond acceptors (Lipinski definition) is 3. The molecule has 2 aromatic carbocycles. The van der Waals surface area contributed by atoms with Crippen molar-refractivity contribution in [1.29, 1.82) is 0 Å². The van der Waals surface area contributed by atoms with Crippen molar-refractivity contribution in [2.45, 2.75) is 26.8 Å². The first kappa shape index (κ1) is 18.7. The summed E-state index contributed by atoms with van der Waals surface area (Å²) in [6, 6.07) is 17.5. The van der Waals surface area contributed by atoms with Crippen LogP contribution in [0.25, 0.3) is 11.3 Å². The number of amides is 1. The van der Waals surface area contributed by atoms with Gasteiger partial charge < -0.3 is 15.2 Å². The summed E-state index contributed by atoms with van der Waals surface area (Å²) in [6.07, 6.45) is 1.80. The predicted octanol–water partition coefficient (Wildman–Crippen LogP) is 4.41. The zero-order chi connectivity index (χ0) is 19.2.